The van der Waals surface area contributed by atoms with E-state index in [0.29, 0.717) is 19.1 Å². The first-order valence-electron chi connectivity index (χ1n) is 6.72. The van der Waals surface area contributed by atoms with Crippen LogP contribution < -0.4 is 5.32 Å². The van der Waals surface area contributed by atoms with Crippen molar-refractivity contribution in [2.75, 3.05) is 13.2 Å². The van der Waals surface area contributed by atoms with Crippen LogP contribution in [0.1, 0.15) is 26.7 Å². The average Bonchev–Trinajstić information content (AvgIpc) is 3.14. The van der Waals surface area contributed by atoms with Crippen LogP contribution in [0.25, 0.3) is 0 Å². The Balaban J connectivity index is 2.23. The smallest absolute Gasteiger partial charge is 0.328 e. The molecule has 1 saturated carbocycles. The fraction of sp³-hybridized carbons (Fsp3) is 0.692. The van der Waals surface area contributed by atoms with Gasteiger partial charge in [-0.25, -0.2) is 4.79 Å². The van der Waals surface area contributed by atoms with Crippen molar-refractivity contribution in [1.29, 1.82) is 0 Å². The quantitative estimate of drug-likeness (QED) is 0.777. The normalized spacial score (nSPS) is 18.1. The summed E-state index contributed by atoms with van der Waals surface area (Å²) in [6.07, 6.45) is 5.74. The van der Waals surface area contributed by atoms with Crippen molar-refractivity contribution in [3.63, 3.8) is 0 Å². The Bertz CT molecular complexity index is 445. The maximum absolute atomic E-state index is 12.4. The van der Waals surface area contributed by atoms with Gasteiger partial charge in [0.1, 0.15) is 5.54 Å². The molecule has 1 aliphatic carbocycles. The Morgan fingerprint density at radius 3 is 2.84 bits per heavy atom. The van der Waals surface area contributed by atoms with E-state index in [1.807, 2.05) is 20.0 Å². The predicted molar refractivity (Wildman–Crippen MR) is 75.7 cm³/mol. The van der Waals surface area contributed by atoms with E-state index < -0.39 is 5.54 Å². The van der Waals surface area contributed by atoms with Crippen LogP contribution in [0.2, 0.25) is 0 Å². The molecule has 0 saturated heterocycles. The lowest BCUT2D eigenvalue weighted by molar-refractivity contribution is -0.153. The minimum absolute atomic E-state index is 0.161. The van der Waals surface area contributed by atoms with Gasteiger partial charge in [-0.05, 0) is 48.2 Å². The van der Waals surface area contributed by atoms with Crippen molar-refractivity contribution in [1.82, 2.24) is 15.1 Å². The second kappa shape index (κ2) is 6.05. The number of rotatable bonds is 7. The summed E-state index contributed by atoms with van der Waals surface area (Å²) in [4.78, 5) is 12.4. The van der Waals surface area contributed by atoms with Crippen LogP contribution in [0.15, 0.2) is 16.9 Å². The molecule has 0 spiro atoms. The van der Waals surface area contributed by atoms with Gasteiger partial charge in [-0.3, -0.25) is 4.68 Å². The van der Waals surface area contributed by atoms with Crippen molar-refractivity contribution in [3.8, 4) is 0 Å². The van der Waals surface area contributed by atoms with E-state index >= 15 is 0 Å². The molecule has 19 heavy (non-hydrogen) atoms. The Morgan fingerprint density at radius 2 is 2.37 bits per heavy atom. The summed E-state index contributed by atoms with van der Waals surface area (Å²) in [5.41, 5.74) is -0.643. The number of esters is 1. The molecule has 0 radical (unpaired) electrons. The van der Waals surface area contributed by atoms with Crippen molar-refractivity contribution < 1.29 is 9.53 Å². The summed E-state index contributed by atoms with van der Waals surface area (Å²) >= 11 is 3.38. The van der Waals surface area contributed by atoms with Crippen LogP contribution in [-0.4, -0.2) is 34.4 Å². The fourth-order valence-corrected chi connectivity index (χ4v) is 2.79. The zero-order valence-corrected chi connectivity index (χ0v) is 12.9. The number of likely N-dealkylation sites (N-methyl/N-ethyl adjacent to an activating group) is 1. The number of ether oxygens (including phenoxy) is 1. The molecule has 5 nitrogen and oxygen atoms in total. The molecule has 1 fully saturated rings. The van der Waals surface area contributed by atoms with E-state index in [1.165, 1.54) is 0 Å². The van der Waals surface area contributed by atoms with Gasteiger partial charge in [-0.15, -0.1) is 0 Å². The molecular formula is C13H20BrN3O2. The number of nitrogens with one attached hydrogen (secondary N) is 1. The Morgan fingerprint density at radius 1 is 1.63 bits per heavy atom. The minimum Gasteiger partial charge on any atom is -0.465 e. The highest BCUT2D eigenvalue weighted by atomic mass is 79.9. The molecule has 1 unspecified atom stereocenters. The molecule has 2 rings (SSSR count). The highest BCUT2D eigenvalue weighted by Crippen LogP contribution is 2.41. The van der Waals surface area contributed by atoms with Crippen molar-refractivity contribution >= 4 is 21.9 Å². The standard InChI is InChI=1S/C13H20BrN3O2/c1-3-15-13(10-5-6-10,12(18)19-4-2)9-17-8-11(14)7-16-17/h7-8,10,15H,3-6,9H2,1-2H3. The molecule has 0 bridgehead atoms. The van der Waals surface area contributed by atoms with Crippen LogP contribution in [0.5, 0.6) is 0 Å². The summed E-state index contributed by atoms with van der Waals surface area (Å²) in [5.74, 6) is 0.181. The maximum atomic E-state index is 12.4. The zero-order valence-electron chi connectivity index (χ0n) is 11.4. The minimum atomic E-state index is -0.643. The highest BCUT2D eigenvalue weighted by molar-refractivity contribution is 9.10. The fourth-order valence-electron chi connectivity index (χ4n) is 2.46. The lowest BCUT2D eigenvalue weighted by Crippen LogP contribution is -2.57. The average molecular weight is 330 g/mol. The largest absolute Gasteiger partial charge is 0.465 e. The van der Waals surface area contributed by atoms with Gasteiger partial charge >= 0.3 is 5.97 Å². The molecule has 1 heterocycles. The summed E-state index contributed by atoms with van der Waals surface area (Å²) in [5, 5.41) is 7.61. The predicted octanol–water partition coefficient (Wildman–Crippen LogP) is 1.97. The van der Waals surface area contributed by atoms with Crippen molar-refractivity contribution in [2.45, 2.75) is 38.8 Å². The third-order valence-electron chi connectivity index (χ3n) is 3.42. The Labute approximate surface area is 121 Å². The number of carbonyl (C=O) groups is 1. The lowest BCUT2D eigenvalue weighted by Gasteiger charge is -2.32. The third kappa shape index (κ3) is 3.17. The molecule has 0 amide bonds. The van der Waals surface area contributed by atoms with E-state index in [1.54, 1.807) is 10.9 Å². The first-order valence-corrected chi connectivity index (χ1v) is 7.52. The van der Waals surface area contributed by atoms with Gasteiger partial charge in [0.05, 0.1) is 23.8 Å². The van der Waals surface area contributed by atoms with Crippen LogP contribution in [0, 0.1) is 5.92 Å². The van der Waals surface area contributed by atoms with Crippen LogP contribution in [0.3, 0.4) is 0 Å². The molecule has 1 atom stereocenters. The van der Waals surface area contributed by atoms with Gasteiger partial charge in [0.15, 0.2) is 0 Å². The molecule has 1 aromatic rings. The molecule has 1 aliphatic rings. The number of nitrogens with zero attached hydrogens (tertiary/aromatic N) is 2. The molecule has 0 aromatic carbocycles. The summed E-state index contributed by atoms with van der Waals surface area (Å²) < 4.78 is 7.99. The lowest BCUT2D eigenvalue weighted by atomic mass is 9.93. The third-order valence-corrected chi connectivity index (χ3v) is 3.83. The van der Waals surface area contributed by atoms with Gasteiger partial charge in [0.2, 0.25) is 0 Å². The van der Waals surface area contributed by atoms with Crippen LogP contribution in [0.4, 0.5) is 0 Å². The number of halogens is 1. The monoisotopic (exact) mass is 329 g/mol. The second-order valence-electron chi connectivity index (χ2n) is 4.85. The van der Waals surface area contributed by atoms with Crippen molar-refractivity contribution in [2.24, 2.45) is 5.92 Å². The Hall–Kier alpha value is -0.880. The summed E-state index contributed by atoms with van der Waals surface area (Å²) in [6, 6.07) is 0. The molecule has 6 heteroatoms. The maximum Gasteiger partial charge on any atom is 0.328 e. The van der Waals surface area contributed by atoms with Crippen molar-refractivity contribution in [3.05, 3.63) is 16.9 Å². The van der Waals surface area contributed by atoms with E-state index in [9.17, 15) is 4.79 Å². The topological polar surface area (TPSA) is 56.2 Å². The van der Waals surface area contributed by atoms with Gasteiger partial charge < -0.3 is 10.1 Å². The van der Waals surface area contributed by atoms with Gasteiger partial charge in [-0.2, -0.15) is 5.10 Å². The number of aromatic nitrogens is 2. The molecular weight excluding hydrogens is 310 g/mol. The van der Waals surface area contributed by atoms with Crippen LogP contribution >= 0.6 is 15.9 Å². The SMILES string of the molecule is CCNC(Cn1cc(Br)cn1)(C(=O)OCC)C1CC1. The molecule has 1 N–H and O–H groups in total. The zero-order chi connectivity index (χ0) is 13.9. The first kappa shape index (κ1) is 14.5. The first-order chi connectivity index (χ1) is 9.12. The number of hydrogen-bond donors (Lipinski definition) is 1. The summed E-state index contributed by atoms with van der Waals surface area (Å²) in [6.45, 7) is 5.50. The highest BCUT2D eigenvalue weighted by Gasteiger charge is 2.52. The van der Waals surface area contributed by atoms with E-state index in [2.05, 4.69) is 26.3 Å². The second-order valence-corrected chi connectivity index (χ2v) is 5.77. The van der Waals surface area contributed by atoms with E-state index in [4.69, 9.17) is 4.74 Å². The molecule has 1 aromatic heterocycles. The van der Waals surface area contributed by atoms with E-state index in [-0.39, 0.29) is 5.97 Å². The number of carbonyl (C=O) groups excluding carboxylic acids is 1. The number of hydrogen-bond acceptors (Lipinski definition) is 4. The molecule has 106 valence electrons. The Kier molecular flexibility index (Phi) is 4.62. The molecule has 0 aliphatic heterocycles. The van der Waals surface area contributed by atoms with Crippen LogP contribution in [-0.2, 0) is 16.1 Å². The van der Waals surface area contributed by atoms with Gasteiger partial charge in [0, 0.05) is 6.20 Å². The summed E-state index contributed by atoms with van der Waals surface area (Å²) in [7, 11) is 0. The van der Waals surface area contributed by atoms with E-state index in [0.717, 1.165) is 23.9 Å². The van der Waals surface area contributed by atoms with Gasteiger partial charge in [-0.1, -0.05) is 6.92 Å². The van der Waals surface area contributed by atoms with Gasteiger partial charge in [0.25, 0.3) is 0 Å².